The number of hydrogen-bond donors (Lipinski definition) is 0. The Morgan fingerprint density at radius 2 is 2.26 bits per heavy atom. The standard InChI is InChI=1S/C12H9N3O3S/c16-15(17)11-4-2-1-3-8(11)12-5-9(14-18-12)10-6-19-7-13-10/h1-4,6-7,12H,5H2. The number of hydrogen-bond acceptors (Lipinski definition) is 6. The van der Waals surface area contributed by atoms with E-state index in [0.717, 1.165) is 11.4 Å². The summed E-state index contributed by atoms with van der Waals surface area (Å²) in [6.45, 7) is 0. The Morgan fingerprint density at radius 1 is 1.42 bits per heavy atom. The quantitative estimate of drug-likeness (QED) is 0.637. The molecule has 0 saturated carbocycles. The summed E-state index contributed by atoms with van der Waals surface area (Å²) in [5, 5.41) is 16.8. The van der Waals surface area contributed by atoms with Gasteiger partial charge in [0.05, 0.1) is 21.7 Å². The van der Waals surface area contributed by atoms with Crippen LogP contribution in [-0.4, -0.2) is 15.6 Å². The summed E-state index contributed by atoms with van der Waals surface area (Å²) in [7, 11) is 0. The summed E-state index contributed by atoms with van der Waals surface area (Å²) in [4.78, 5) is 20.1. The molecule has 0 saturated heterocycles. The van der Waals surface area contributed by atoms with Gasteiger partial charge in [0, 0.05) is 17.9 Å². The number of para-hydroxylation sites is 1. The van der Waals surface area contributed by atoms with Gasteiger partial charge in [0.25, 0.3) is 5.69 Å². The van der Waals surface area contributed by atoms with Crippen LogP contribution in [0.3, 0.4) is 0 Å². The molecule has 96 valence electrons. The third-order valence-electron chi connectivity index (χ3n) is 2.88. The molecule has 1 unspecified atom stereocenters. The van der Waals surface area contributed by atoms with Crippen LogP contribution in [0.1, 0.15) is 23.8 Å². The molecule has 3 rings (SSSR count). The monoisotopic (exact) mass is 275 g/mol. The second kappa shape index (κ2) is 4.77. The highest BCUT2D eigenvalue weighted by atomic mass is 32.1. The minimum absolute atomic E-state index is 0.0576. The van der Waals surface area contributed by atoms with Crippen LogP contribution in [-0.2, 0) is 4.84 Å². The average molecular weight is 275 g/mol. The van der Waals surface area contributed by atoms with Crippen LogP contribution in [0.5, 0.6) is 0 Å². The van der Waals surface area contributed by atoms with E-state index in [1.807, 2.05) is 5.38 Å². The van der Waals surface area contributed by atoms with Crippen molar-refractivity contribution < 1.29 is 9.76 Å². The normalized spacial score (nSPS) is 17.9. The van der Waals surface area contributed by atoms with E-state index < -0.39 is 11.0 Å². The van der Waals surface area contributed by atoms with Crippen molar-refractivity contribution in [2.24, 2.45) is 5.16 Å². The molecule has 0 bridgehead atoms. The van der Waals surface area contributed by atoms with Crippen LogP contribution in [0.2, 0.25) is 0 Å². The summed E-state index contributed by atoms with van der Waals surface area (Å²) in [5.74, 6) is 0. The molecule has 0 fully saturated rings. The van der Waals surface area contributed by atoms with E-state index in [2.05, 4.69) is 10.1 Å². The van der Waals surface area contributed by atoms with Gasteiger partial charge >= 0.3 is 0 Å². The van der Waals surface area contributed by atoms with Crippen molar-refractivity contribution in [3.8, 4) is 0 Å². The first kappa shape index (κ1) is 11.8. The van der Waals surface area contributed by atoms with Crippen LogP contribution in [0.15, 0.2) is 40.3 Å². The van der Waals surface area contributed by atoms with Gasteiger partial charge in [-0.05, 0) is 6.07 Å². The summed E-state index contributed by atoms with van der Waals surface area (Å²) < 4.78 is 0. The Kier molecular flexibility index (Phi) is 2.96. The molecule has 1 aliphatic heterocycles. The van der Waals surface area contributed by atoms with Crippen LogP contribution in [0.4, 0.5) is 5.69 Å². The van der Waals surface area contributed by atoms with E-state index in [1.54, 1.807) is 23.7 Å². The van der Waals surface area contributed by atoms with E-state index >= 15 is 0 Å². The van der Waals surface area contributed by atoms with Crippen LogP contribution < -0.4 is 0 Å². The molecule has 2 aromatic rings. The van der Waals surface area contributed by atoms with Crippen molar-refractivity contribution in [3.05, 3.63) is 56.5 Å². The molecule has 1 aliphatic rings. The van der Waals surface area contributed by atoms with Crippen molar-refractivity contribution in [3.63, 3.8) is 0 Å². The van der Waals surface area contributed by atoms with Crippen LogP contribution >= 0.6 is 11.3 Å². The first-order valence-corrected chi connectivity index (χ1v) is 6.54. The van der Waals surface area contributed by atoms with Gasteiger partial charge in [-0.3, -0.25) is 10.1 Å². The molecule has 0 amide bonds. The molecule has 19 heavy (non-hydrogen) atoms. The zero-order chi connectivity index (χ0) is 13.2. The van der Waals surface area contributed by atoms with Crippen LogP contribution in [0.25, 0.3) is 0 Å². The summed E-state index contributed by atoms with van der Waals surface area (Å²) in [5.41, 5.74) is 3.81. The third kappa shape index (κ3) is 2.19. The predicted octanol–water partition coefficient (Wildman–Crippen LogP) is 2.92. The fourth-order valence-electron chi connectivity index (χ4n) is 1.98. The van der Waals surface area contributed by atoms with Crippen molar-refractivity contribution >= 4 is 22.7 Å². The van der Waals surface area contributed by atoms with Crippen molar-refractivity contribution in [2.75, 3.05) is 0 Å². The van der Waals surface area contributed by atoms with Gasteiger partial charge in [0.2, 0.25) is 0 Å². The van der Waals surface area contributed by atoms with Gasteiger partial charge in [-0.15, -0.1) is 11.3 Å². The molecule has 0 N–H and O–H groups in total. The SMILES string of the molecule is O=[N+]([O-])c1ccccc1C1CC(c2cscn2)=NO1. The molecule has 0 radical (unpaired) electrons. The van der Waals surface area contributed by atoms with Gasteiger partial charge in [0.1, 0.15) is 5.71 Å². The number of oxime groups is 1. The number of nitro groups is 1. The minimum Gasteiger partial charge on any atom is -0.387 e. The second-order valence-electron chi connectivity index (χ2n) is 4.03. The molecule has 1 aromatic heterocycles. The first-order valence-electron chi connectivity index (χ1n) is 5.60. The smallest absolute Gasteiger partial charge is 0.276 e. The second-order valence-corrected chi connectivity index (χ2v) is 4.74. The number of benzene rings is 1. The lowest BCUT2D eigenvalue weighted by Crippen LogP contribution is -2.04. The highest BCUT2D eigenvalue weighted by molar-refractivity contribution is 7.07. The number of nitro benzene ring substituents is 1. The van der Waals surface area contributed by atoms with E-state index in [0.29, 0.717) is 12.0 Å². The van der Waals surface area contributed by atoms with E-state index in [1.165, 1.54) is 17.4 Å². The molecule has 1 aromatic carbocycles. The maximum absolute atomic E-state index is 11.0. The third-order valence-corrected chi connectivity index (χ3v) is 3.46. The first-order chi connectivity index (χ1) is 9.25. The molecule has 0 aliphatic carbocycles. The largest absolute Gasteiger partial charge is 0.387 e. The Bertz CT molecular complexity index is 639. The van der Waals surface area contributed by atoms with Gasteiger partial charge < -0.3 is 4.84 Å². The molecule has 2 heterocycles. The molecule has 6 nitrogen and oxygen atoms in total. The fourth-order valence-corrected chi connectivity index (χ4v) is 2.54. The topological polar surface area (TPSA) is 77.6 Å². The van der Waals surface area contributed by atoms with Gasteiger partial charge in [-0.25, -0.2) is 4.98 Å². The van der Waals surface area contributed by atoms with Crippen molar-refractivity contribution in [2.45, 2.75) is 12.5 Å². The summed E-state index contributed by atoms with van der Waals surface area (Å²) in [6, 6.07) is 6.56. The Balaban J connectivity index is 1.85. The number of nitrogens with zero attached hydrogens (tertiary/aromatic N) is 3. The Labute approximate surface area is 112 Å². The van der Waals surface area contributed by atoms with Gasteiger partial charge in [-0.1, -0.05) is 17.3 Å². The van der Waals surface area contributed by atoms with E-state index in [9.17, 15) is 10.1 Å². The Morgan fingerprint density at radius 3 is 3.00 bits per heavy atom. The number of rotatable bonds is 3. The Hall–Kier alpha value is -2.28. The zero-order valence-electron chi connectivity index (χ0n) is 9.72. The minimum atomic E-state index is -0.418. The maximum atomic E-state index is 11.0. The predicted molar refractivity (Wildman–Crippen MR) is 70.2 cm³/mol. The highest BCUT2D eigenvalue weighted by Gasteiger charge is 2.30. The number of thiazole rings is 1. The maximum Gasteiger partial charge on any atom is 0.276 e. The van der Waals surface area contributed by atoms with Crippen LogP contribution in [0, 0.1) is 10.1 Å². The average Bonchev–Trinajstić information content (AvgIpc) is 3.09. The molecular formula is C12H9N3O3S. The molecule has 7 heteroatoms. The highest BCUT2D eigenvalue weighted by Crippen LogP contribution is 2.34. The van der Waals surface area contributed by atoms with Crippen molar-refractivity contribution in [1.82, 2.24) is 4.98 Å². The van der Waals surface area contributed by atoms with E-state index in [4.69, 9.17) is 4.84 Å². The number of aromatic nitrogens is 1. The fraction of sp³-hybridized carbons (Fsp3) is 0.167. The lowest BCUT2D eigenvalue weighted by molar-refractivity contribution is -0.386. The summed E-state index contributed by atoms with van der Waals surface area (Å²) in [6.07, 6.45) is 0.0764. The molecule has 0 spiro atoms. The zero-order valence-corrected chi connectivity index (χ0v) is 10.5. The van der Waals surface area contributed by atoms with E-state index in [-0.39, 0.29) is 5.69 Å². The lowest BCUT2D eigenvalue weighted by Gasteiger charge is -2.08. The van der Waals surface area contributed by atoms with Crippen molar-refractivity contribution in [1.29, 1.82) is 0 Å². The summed E-state index contributed by atoms with van der Waals surface area (Å²) >= 11 is 1.48. The molecule has 1 atom stereocenters. The molecular weight excluding hydrogens is 266 g/mol. The van der Waals surface area contributed by atoms with Gasteiger partial charge in [0.15, 0.2) is 6.10 Å². The lowest BCUT2D eigenvalue weighted by atomic mass is 10.0. The van der Waals surface area contributed by atoms with Gasteiger partial charge in [-0.2, -0.15) is 0 Å².